The molecule has 4 heteroatoms. The van der Waals surface area contributed by atoms with Crippen molar-refractivity contribution in [1.82, 2.24) is 4.90 Å². The molecule has 2 rings (SSSR count). The van der Waals surface area contributed by atoms with Crippen molar-refractivity contribution in [3.05, 3.63) is 23.3 Å². The van der Waals surface area contributed by atoms with E-state index in [1.807, 2.05) is 0 Å². The largest absolute Gasteiger partial charge is 0.493 e. The maximum atomic E-state index is 10.3. The Kier molecular flexibility index (Phi) is 4.79. The van der Waals surface area contributed by atoms with Gasteiger partial charge in [-0.05, 0) is 35.1 Å². The van der Waals surface area contributed by atoms with Gasteiger partial charge in [0.2, 0.25) is 0 Å². The molecule has 1 aromatic carbocycles. The van der Waals surface area contributed by atoms with Crippen LogP contribution in [-0.2, 0) is 13.0 Å². The molecule has 0 saturated carbocycles. The van der Waals surface area contributed by atoms with Gasteiger partial charge in [0.05, 0.1) is 20.3 Å². The summed E-state index contributed by atoms with van der Waals surface area (Å²) in [7, 11) is 3.33. The predicted octanol–water partition coefficient (Wildman–Crippen LogP) is 2.47. The van der Waals surface area contributed by atoms with Crippen molar-refractivity contribution < 1.29 is 14.6 Å². The van der Waals surface area contributed by atoms with Crippen LogP contribution in [0.25, 0.3) is 0 Å². The van der Waals surface area contributed by atoms with Gasteiger partial charge in [0.15, 0.2) is 11.5 Å². The predicted molar refractivity (Wildman–Crippen MR) is 84.0 cm³/mol. The Morgan fingerprint density at radius 1 is 1.14 bits per heavy atom. The zero-order valence-corrected chi connectivity index (χ0v) is 13.8. The molecular weight excluding hydrogens is 266 g/mol. The first-order chi connectivity index (χ1) is 9.85. The first-order valence-electron chi connectivity index (χ1n) is 7.49. The van der Waals surface area contributed by atoms with Crippen molar-refractivity contribution in [2.75, 3.05) is 27.3 Å². The Morgan fingerprint density at radius 3 is 2.24 bits per heavy atom. The van der Waals surface area contributed by atoms with Gasteiger partial charge in [0.1, 0.15) is 0 Å². The summed E-state index contributed by atoms with van der Waals surface area (Å²) in [4.78, 5) is 2.31. The second kappa shape index (κ2) is 6.24. The average Bonchev–Trinajstić information content (AvgIpc) is 2.44. The minimum absolute atomic E-state index is 0.0854. The fourth-order valence-electron chi connectivity index (χ4n) is 2.62. The second-order valence-corrected chi connectivity index (χ2v) is 6.84. The number of aliphatic hydroxyl groups excluding tert-OH is 1. The molecule has 1 aromatic rings. The van der Waals surface area contributed by atoms with Gasteiger partial charge in [-0.1, -0.05) is 20.8 Å². The van der Waals surface area contributed by atoms with Crippen LogP contribution in [0.4, 0.5) is 0 Å². The highest BCUT2D eigenvalue weighted by molar-refractivity contribution is 5.48. The summed E-state index contributed by atoms with van der Waals surface area (Å²) in [6.07, 6.45) is 0.659. The van der Waals surface area contributed by atoms with E-state index in [1.54, 1.807) is 14.2 Å². The Balaban J connectivity index is 2.13. The van der Waals surface area contributed by atoms with E-state index >= 15 is 0 Å². The molecule has 0 saturated heterocycles. The second-order valence-electron chi connectivity index (χ2n) is 6.84. The van der Waals surface area contributed by atoms with Gasteiger partial charge in [-0.3, -0.25) is 4.90 Å². The Bertz CT molecular complexity index is 494. The smallest absolute Gasteiger partial charge is 0.161 e. The third-order valence-corrected chi connectivity index (χ3v) is 4.23. The van der Waals surface area contributed by atoms with Crippen LogP contribution >= 0.6 is 0 Å². The highest BCUT2D eigenvalue weighted by Gasteiger charge is 2.27. The normalized spacial score (nSPS) is 17.2. The summed E-state index contributed by atoms with van der Waals surface area (Å²) in [5, 5.41) is 10.3. The van der Waals surface area contributed by atoms with E-state index in [1.165, 1.54) is 11.1 Å². The molecule has 4 nitrogen and oxygen atoms in total. The van der Waals surface area contributed by atoms with Crippen LogP contribution in [0.15, 0.2) is 12.1 Å². The minimum Gasteiger partial charge on any atom is -0.493 e. The Morgan fingerprint density at radius 2 is 1.71 bits per heavy atom. The van der Waals surface area contributed by atoms with Crippen LogP contribution in [0.2, 0.25) is 0 Å². The quantitative estimate of drug-likeness (QED) is 0.926. The SMILES string of the molecule is COc1cc2c(cc1OC)CN(CC(O)C(C)(C)C)CC2. The zero-order valence-electron chi connectivity index (χ0n) is 13.8. The van der Waals surface area contributed by atoms with Gasteiger partial charge in [0.25, 0.3) is 0 Å². The molecule has 0 aromatic heterocycles. The van der Waals surface area contributed by atoms with Crippen LogP contribution < -0.4 is 9.47 Å². The number of rotatable bonds is 4. The fraction of sp³-hybridized carbons (Fsp3) is 0.647. The Hall–Kier alpha value is -1.26. The van der Waals surface area contributed by atoms with Gasteiger partial charge in [0, 0.05) is 19.6 Å². The standard InChI is InChI=1S/C17H27NO3/c1-17(2,3)16(19)11-18-7-6-12-8-14(20-4)15(21-5)9-13(12)10-18/h8-9,16,19H,6-7,10-11H2,1-5H3. The van der Waals surface area contributed by atoms with Crippen molar-refractivity contribution in [2.45, 2.75) is 39.8 Å². The molecule has 0 radical (unpaired) electrons. The third kappa shape index (κ3) is 3.69. The fourth-order valence-corrected chi connectivity index (χ4v) is 2.62. The van der Waals surface area contributed by atoms with E-state index in [0.29, 0.717) is 6.54 Å². The lowest BCUT2D eigenvalue weighted by molar-refractivity contribution is 0.0247. The maximum Gasteiger partial charge on any atom is 0.161 e. The molecular formula is C17H27NO3. The van der Waals surface area contributed by atoms with Crippen molar-refractivity contribution in [3.63, 3.8) is 0 Å². The van der Waals surface area contributed by atoms with Crippen LogP contribution in [0.3, 0.4) is 0 Å². The van der Waals surface area contributed by atoms with Crippen LogP contribution in [0, 0.1) is 5.41 Å². The van der Waals surface area contributed by atoms with E-state index in [4.69, 9.17) is 9.47 Å². The maximum absolute atomic E-state index is 10.3. The summed E-state index contributed by atoms with van der Waals surface area (Å²) in [5.74, 6) is 1.56. The number of hydrogen-bond donors (Lipinski definition) is 1. The lowest BCUT2D eigenvalue weighted by atomic mass is 9.88. The summed E-state index contributed by atoms with van der Waals surface area (Å²) in [6.45, 7) is 8.74. The van der Waals surface area contributed by atoms with Crippen LogP contribution in [-0.4, -0.2) is 43.4 Å². The number of benzene rings is 1. The topological polar surface area (TPSA) is 41.9 Å². The zero-order chi connectivity index (χ0) is 15.6. The van der Waals surface area contributed by atoms with Gasteiger partial charge < -0.3 is 14.6 Å². The van der Waals surface area contributed by atoms with E-state index in [2.05, 4.69) is 37.8 Å². The number of nitrogens with zero attached hydrogens (tertiary/aromatic N) is 1. The molecule has 1 unspecified atom stereocenters. The van der Waals surface area contributed by atoms with Gasteiger partial charge in [-0.15, -0.1) is 0 Å². The van der Waals surface area contributed by atoms with E-state index < -0.39 is 0 Å². The van der Waals surface area contributed by atoms with E-state index in [9.17, 15) is 5.11 Å². The van der Waals surface area contributed by atoms with Crippen molar-refractivity contribution in [2.24, 2.45) is 5.41 Å². The molecule has 0 bridgehead atoms. The highest BCUT2D eigenvalue weighted by Crippen LogP contribution is 2.33. The third-order valence-electron chi connectivity index (χ3n) is 4.23. The first-order valence-corrected chi connectivity index (χ1v) is 7.49. The van der Waals surface area contributed by atoms with Crippen LogP contribution in [0.1, 0.15) is 31.9 Å². The molecule has 0 aliphatic carbocycles. The average molecular weight is 293 g/mol. The van der Waals surface area contributed by atoms with Gasteiger partial charge in [-0.25, -0.2) is 0 Å². The number of aliphatic hydroxyl groups is 1. The summed E-state index contributed by atoms with van der Waals surface area (Å²) >= 11 is 0. The summed E-state index contributed by atoms with van der Waals surface area (Å²) in [6, 6.07) is 4.13. The minimum atomic E-state index is -0.320. The van der Waals surface area contributed by atoms with Gasteiger partial charge in [-0.2, -0.15) is 0 Å². The molecule has 1 heterocycles. The van der Waals surface area contributed by atoms with Crippen molar-refractivity contribution in [3.8, 4) is 11.5 Å². The lowest BCUT2D eigenvalue weighted by Gasteiger charge is -2.35. The van der Waals surface area contributed by atoms with Crippen molar-refractivity contribution in [1.29, 1.82) is 0 Å². The van der Waals surface area contributed by atoms with Gasteiger partial charge >= 0.3 is 0 Å². The summed E-state index contributed by atoms with van der Waals surface area (Å²) < 4.78 is 10.7. The molecule has 1 atom stereocenters. The molecule has 1 N–H and O–H groups in total. The lowest BCUT2D eigenvalue weighted by Crippen LogP contribution is -2.41. The molecule has 21 heavy (non-hydrogen) atoms. The molecule has 1 aliphatic rings. The van der Waals surface area contributed by atoms with Crippen LogP contribution in [0.5, 0.6) is 11.5 Å². The number of hydrogen-bond acceptors (Lipinski definition) is 4. The number of β-amino-alcohol motifs (C(OH)–C–C–N with tert-alkyl or cyclic N) is 1. The van der Waals surface area contributed by atoms with E-state index in [-0.39, 0.29) is 11.5 Å². The molecule has 0 fully saturated rings. The molecule has 1 aliphatic heterocycles. The highest BCUT2D eigenvalue weighted by atomic mass is 16.5. The van der Waals surface area contributed by atoms with E-state index in [0.717, 1.165) is 31.0 Å². The first kappa shape index (κ1) is 16.1. The Labute approximate surface area is 127 Å². The molecule has 118 valence electrons. The number of ether oxygens (including phenoxy) is 2. The van der Waals surface area contributed by atoms with Crippen molar-refractivity contribution >= 4 is 0 Å². The number of fused-ring (bicyclic) bond motifs is 1. The molecule has 0 spiro atoms. The number of methoxy groups -OCH3 is 2. The monoisotopic (exact) mass is 293 g/mol. The molecule has 0 amide bonds. The summed E-state index contributed by atoms with van der Waals surface area (Å²) in [5.41, 5.74) is 2.49.